The molecule has 3 unspecified atom stereocenters. The van der Waals surface area contributed by atoms with E-state index in [1.54, 1.807) is 36.0 Å². The Bertz CT molecular complexity index is 4700. The van der Waals surface area contributed by atoms with Crippen molar-refractivity contribution in [3.63, 3.8) is 0 Å². The second-order valence-electron chi connectivity index (χ2n) is 23.2. The van der Waals surface area contributed by atoms with Crippen molar-refractivity contribution in [1.82, 2.24) is 40.6 Å². The number of thiocarbonyl (C=S) groups is 1. The highest BCUT2D eigenvalue weighted by atomic mass is 32.1. The number of nitrogens with zero attached hydrogens (tertiary/aromatic N) is 3. The molecule has 10 aromatic rings. The number of nitrogens with two attached hydrogens (primary N) is 2. The number of rotatable bonds is 16. The van der Waals surface area contributed by atoms with E-state index in [0.717, 1.165) is 98.1 Å². The molecule has 5 aliphatic rings. The van der Waals surface area contributed by atoms with E-state index < -0.39 is 5.91 Å². The second-order valence-corrected chi connectivity index (χ2v) is 23.6. The molecule has 484 valence electrons. The van der Waals surface area contributed by atoms with Crippen LogP contribution in [0.15, 0.2) is 125 Å². The Morgan fingerprint density at radius 2 is 1.15 bits per heavy atom. The maximum atomic E-state index is 11.7. The van der Waals surface area contributed by atoms with E-state index >= 15 is 0 Å². The number of benzene rings is 6. The van der Waals surface area contributed by atoms with E-state index in [9.17, 15) is 33.6 Å². The monoisotopic (exact) mass is 1290 g/mol. The van der Waals surface area contributed by atoms with Gasteiger partial charge in [-0.05, 0) is 121 Å². The summed E-state index contributed by atoms with van der Waals surface area (Å²) in [5.74, 6) is 3.32. The van der Waals surface area contributed by atoms with Gasteiger partial charge in [-0.1, -0.05) is 36.5 Å². The fourth-order valence-electron chi connectivity index (χ4n) is 12.0. The Labute approximate surface area is 541 Å². The molecule has 0 radical (unpaired) electrons. The quantitative estimate of drug-likeness (QED) is 0.0353. The lowest BCUT2D eigenvalue weighted by molar-refractivity contribution is -0.120. The first-order valence-corrected chi connectivity index (χ1v) is 31.1. The second kappa shape index (κ2) is 27.8. The van der Waals surface area contributed by atoms with Crippen LogP contribution in [0.3, 0.4) is 0 Å². The van der Waals surface area contributed by atoms with Crippen LogP contribution in [0, 0.1) is 0 Å². The third kappa shape index (κ3) is 14.2. The Hall–Kier alpha value is -11.0. The average Bonchev–Trinajstić information content (AvgIpc) is 1.56. The van der Waals surface area contributed by atoms with Gasteiger partial charge < -0.3 is 75.9 Å². The summed E-state index contributed by atoms with van der Waals surface area (Å²) in [5.41, 5.74) is 16.6. The summed E-state index contributed by atoms with van der Waals surface area (Å²) < 4.78 is 41.6. The Morgan fingerprint density at radius 3 is 1.73 bits per heavy atom. The van der Waals surface area contributed by atoms with Gasteiger partial charge in [-0.15, -0.1) is 0 Å². The van der Waals surface area contributed by atoms with E-state index in [4.69, 9.17) is 56.5 Å². The third-order valence-electron chi connectivity index (χ3n) is 16.8. The molecule has 4 atom stereocenters. The van der Waals surface area contributed by atoms with Gasteiger partial charge in [0.1, 0.15) is 60.7 Å². The lowest BCUT2D eigenvalue weighted by Crippen LogP contribution is -2.31. The molecule has 5 aliphatic heterocycles. The molecule has 4 aromatic heterocycles. The summed E-state index contributed by atoms with van der Waals surface area (Å²) in [6.45, 7) is 1.65. The minimum absolute atomic E-state index is 0.0253. The van der Waals surface area contributed by atoms with E-state index in [-0.39, 0.29) is 69.8 Å². The lowest BCUT2D eigenvalue weighted by atomic mass is 9.98. The molecule has 94 heavy (non-hydrogen) atoms. The minimum Gasteiger partial charge on any atom is -0.496 e. The van der Waals surface area contributed by atoms with Crippen molar-refractivity contribution in [3.05, 3.63) is 143 Å². The number of nitrogens with one attached hydrogen (secondary N) is 6. The molecule has 9 heterocycles. The first kappa shape index (κ1) is 63.1. The van der Waals surface area contributed by atoms with Gasteiger partial charge in [-0.25, -0.2) is 9.97 Å². The number of carbonyl (C=O) groups excluding carboxylic acids is 6. The fourth-order valence-corrected chi connectivity index (χ4v) is 12.1. The molecule has 26 heteroatoms. The van der Waals surface area contributed by atoms with Gasteiger partial charge in [-0.3, -0.25) is 38.0 Å². The molecule has 4 fully saturated rings. The number of oxazole rings is 1. The number of aromatic amines is 1. The zero-order valence-corrected chi connectivity index (χ0v) is 52.1. The first-order valence-electron chi connectivity index (χ1n) is 30.7. The molecule has 0 spiro atoms. The van der Waals surface area contributed by atoms with Crippen LogP contribution in [0.5, 0.6) is 34.6 Å². The van der Waals surface area contributed by atoms with Crippen LogP contribution in [0.4, 0.5) is 5.69 Å². The van der Waals surface area contributed by atoms with Gasteiger partial charge in [0.25, 0.3) is 11.5 Å². The first-order chi connectivity index (χ1) is 45.5. The molecule has 6 aromatic carbocycles. The van der Waals surface area contributed by atoms with Crippen LogP contribution in [0.2, 0.25) is 0 Å². The predicted octanol–water partition coefficient (Wildman–Crippen LogP) is 7.10. The van der Waals surface area contributed by atoms with Gasteiger partial charge in [0.2, 0.25) is 41.1 Å². The van der Waals surface area contributed by atoms with Crippen molar-refractivity contribution < 1.29 is 61.6 Å². The molecule has 25 nitrogen and oxygen atoms in total. The number of pyridine rings is 1. The van der Waals surface area contributed by atoms with Crippen LogP contribution in [0.25, 0.3) is 60.0 Å². The van der Waals surface area contributed by atoms with Crippen molar-refractivity contribution in [2.75, 3.05) is 46.0 Å². The van der Waals surface area contributed by atoms with E-state index in [0.29, 0.717) is 104 Å². The maximum absolute atomic E-state index is 11.7. The highest BCUT2D eigenvalue weighted by molar-refractivity contribution is 7.80. The number of fused-ring (bicyclic) bond motifs is 8. The number of hydrogen-bond donors (Lipinski definition) is 8. The van der Waals surface area contributed by atoms with Crippen molar-refractivity contribution in [3.8, 4) is 34.6 Å². The van der Waals surface area contributed by atoms with Gasteiger partial charge in [0, 0.05) is 66.3 Å². The molecular formula is C68H67N11O14S. The number of hydrogen-bond acceptors (Lipinski definition) is 17. The summed E-state index contributed by atoms with van der Waals surface area (Å²) in [6, 6.07) is 28.7. The molecule has 0 saturated carbocycles. The topological polar surface area (TPSA) is 346 Å². The summed E-state index contributed by atoms with van der Waals surface area (Å²) in [4.78, 5) is 91.2. The zero-order valence-electron chi connectivity index (χ0n) is 51.3. The minimum atomic E-state index is -0.576. The number of anilines is 1. The molecule has 10 N–H and O–H groups in total. The highest BCUT2D eigenvalue weighted by Crippen LogP contribution is 2.39. The van der Waals surface area contributed by atoms with Gasteiger partial charge >= 0.3 is 0 Å². The normalized spacial score (nSPS) is 18.0. The van der Waals surface area contributed by atoms with Crippen LogP contribution in [-0.4, -0.2) is 125 Å². The number of carbonyl (C=O) groups is 6. The highest BCUT2D eigenvalue weighted by Gasteiger charge is 2.28. The number of primary amides is 1. The molecule has 4 saturated heterocycles. The number of methoxy groups -OCH3 is 2. The lowest BCUT2D eigenvalue weighted by Gasteiger charge is -2.19. The van der Waals surface area contributed by atoms with Crippen LogP contribution in [0.1, 0.15) is 79.3 Å². The molecule has 0 bridgehead atoms. The number of aryl methyl sites for hydroxylation is 1. The average molecular weight is 1290 g/mol. The van der Waals surface area contributed by atoms with Gasteiger partial charge in [0.05, 0.1) is 77.6 Å². The summed E-state index contributed by atoms with van der Waals surface area (Å²) in [7, 11) is 3.04. The predicted molar refractivity (Wildman–Crippen MR) is 354 cm³/mol. The molecule has 6 amide bonds. The standard InChI is InChI=1S/C18H18N2O3.C17H17N3O5.C17H15N3O3.C16H17N3O3S/c21-17-7-5-13(19-17)10-23-16-3-1-2-11-9-15-12(8-14(11)16)4-6-18(22)20-15;1-23-13-7-10-12(6-11(13)16(18)22)20-4-5-24-17(20)15(10)25-8-9-2-3-14(21)19-9;21-16-5-4-11(19-16)9-23-15-3-1-2-10-6-14-13(7-12(10)15)18-8-17(22)20-14;1-21-13-7-11-9(6-12(13)15(17)23)4-5-18-16(11)22-8-10-2-3-14(20)19-10/h1-3,8-9,13H,4-7,10H2,(H,19,21)(H,20,22);4-7,9H,2-3,8H2,1H3,(H2,18,22)(H,19,21);1-3,6-8,11H,4-5,9H2,(H,19,21)(H,20,22);4-7,10H,2-3,8H2,1H3,(H2,17,23)(H,19,20)/t;;;10-/m...0/s1. The maximum Gasteiger partial charge on any atom is 0.266 e. The summed E-state index contributed by atoms with van der Waals surface area (Å²) in [6.07, 6.45) is 12.8. The summed E-state index contributed by atoms with van der Waals surface area (Å²) in [5, 5.41) is 20.9. The number of aromatic nitrogens is 4. The number of H-pyrrole nitrogens is 1. The Balaban J connectivity index is 0.000000120. The van der Waals surface area contributed by atoms with E-state index in [1.807, 2.05) is 72.8 Å². The Kier molecular flexibility index (Phi) is 18.7. The van der Waals surface area contributed by atoms with Crippen LogP contribution >= 0.6 is 12.2 Å². The fraction of sp³-hybridized carbons (Fsp3) is 0.294. The van der Waals surface area contributed by atoms with Gasteiger partial charge in [0.15, 0.2) is 5.75 Å². The van der Waals surface area contributed by atoms with Crippen molar-refractivity contribution in [2.24, 2.45) is 11.5 Å². The smallest absolute Gasteiger partial charge is 0.266 e. The number of amides is 6. The third-order valence-corrected chi connectivity index (χ3v) is 17.0. The van der Waals surface area contributed by atoms with Crippen molar-refractivity contribution in [2.45, 2.75) is 88.4 Å². The number of ether oxygens (including phenoxy) is 6. The summed E-state index contributed by atoms with van der Waals surface area (Å²) >= 11 is 5.06. The molecule has 15 rings (SSSR count). The zero-order chi connectivity index (χ0) is 65.6. The Morgan fingerprint density at radius 1 is 0.585 bits per heavy atom. The van der Waals surface area contributed by atoms with E-state index in [2.05, 4.69) is 47.6 Å². The van der Waals surface area contributed by atoms with Crippen LogP contribution in [-0.2, 0) is 30.4 Å². The molecule has 0 aliphatic carbocycles. The van der Waals surface area contributed by atoms with Crippen molar-refractivity contribution >= 4 is 118 Å². The van der Waals surface area contributed by atoms with Crippen molar-refractivity contribution in [1.29, 1.82) is 0 Å². The molecular weight excluding hydrogens is 1230 g/mol. The SMILES string of the molecule is COc1cc2c(OCC3CCC(=O)N3)c3occn3c2cc1C(N)=O.COc1cc2c(OC[C@@H]3CCC(=O)N3)nccc2cc1C(N)=S.O=C1CCC(COc2cccc3cc4[nH]c(=O)cnc4cc23)N1.O=C1CCc2cc3c(OCC4CCC(=O)N4)cccc3cc2N1. The van der Waals surface area contributed by atoms with Gasteiger partial charge in [-0.2, -0.15) is 0 Å². The van der Waals surface area contributed by atoms with E-state index in [1.165, 1.54) is 19.6 Å². The largest absolute Gasteiger partial charge is 0.496 e. The van der Waals surface area contributed by atoms with Crippen LogP contribution < -0.4 is 72.0 Å².